The van der Waals surface area contributed by atoms with Crippen molar-refractivity contribution in [2.24, 2.45) is 5.92 Å². The Labute approximate surface area is 152 Å². The van der Waals surface area contributed by atoms with E-state index in [9.17, 15) is 14.4 Å². The van der Waals surface area contributed by atoms with Gasteiger partial charge >= 0.3 is 17.9 Å². The summed E-state index contributed by atoms with van der Waals surface area (Å²) in [4.78, 5) is 33.4. The van der Waals surface area contributed by atoms with E-state index >= 15 is 0 Å². The smallest absolute Gasteiger partial charge is 0.339 e. The third kappa shape index (κ3) is 5.77. The van der Waals surface area contributed by atoms with Gasteiger partial charge in [-0.3, -0.25) is 4.79 Å². The molecule has 7 nitrogen and oxygen atoms in total. The highest BCUT2D eigenvalue weighted by Crippen LogP contribution is 2.20. The number of allylic oxidation sites excluding steroid dienone is 2. The fraction of sp³-hybridized carbons (Fsp3) is 0.316. The van der Waals surface area contributed by atoms with Crippen molar-refractivity contribution in [1.29, 1.82) is 0 Å². The van der Waals surface area contributed by atoms with Crippen molar-refractivity contribution < 1.29 is 28.6 Å². The summed E-state index contributed by atoms with van der Waals surface area (Å²) in [6.07, 6.45) is 5.36. The van der Waals surface area contributed by atoms with Crippen molar-refractivity contribution >= 4 is 23.6 Å². The molecule has 140 valence electrons. The lowest BCUT2D eigenvalue weighted by atomic mass is 9.94. The number of esters is 3. The van der Waals surface area contributed by atoms with E-state index in [0.717, 1.165) is 5.69 Å². The standard InChI is InChI=1S/C10H12O4.C9H11NO2/c1-13-9(11)7-4-3-5-8(6-7)10(12)14-2;1-10-8-6-4-3-5-7(8)9(11)12-2/h3-5,7H,6H2,1-2H3;3-6,10H,1-2H3. The van der Waals surface area contributed by atoms with Gasteiger partial charge in [0.1, 0.15) is 0 Å². The minimum Gasteiger partial charge on any atom is -0.469 e. The summed E-state index contributed by atoms with van der Waals surface area (Å²) in [7, 11) is 5.78. The van der Waals surface area contributed by atoms with E-state index in [1.165, 1.54) is 21.3 Å². The molecule has 1 aliphatic carbocycles. The molecule has 7 heteroatoms. The van der Waals surface area contributed by atoms with Crippen LogP contribution in [0.15, 0.2) is 48.1 Å². The molecular formula is C19H23NO6. The largest absolute Gasteiger partial charge is 0.469 e. The summed E-state index contributed by atoms with van der Waals surface area (Å²) in [6, 6.07) is 7.20. The lowest BCUT2D eigenvalue weighted by Crippen LogP contribution is -2.19. The summed E-state index contributed by atoms with van der Waals surface area (Å²) in [6.45, 7) is 0. The third-order valence-electron chi connectivity index (χ3n) is 3.63. The van der Waals surface area contributed by atoms with Crippen molar-refractivity contribution in [2.45, 2.75) is 6.42 Å². The van der Waals surface area contributed by atoms with Crippen LogP contribution >= 0.6 is 0 Å². The van der Waals surface area contributed by atoms with Crippen molar-refractivity contribution in [3.63, 3.8) is 0 Å². The molecule has 1 aromatic rings. The van der Waals surface area contributed by atoms with E-state index in [1.807, 2.05) is 12.1 Å². The zero-order valence-electron chi connectivity index (χ0n) is 15.3. The molecule has 1 aromatic carbocycles. The molecule has 1 unspecified atom stereocenters. The molecule has 0 spiro atoms. The highest BCUT2D eigenvalue weighted by molar-refractivity contribution is 5.95. The van der Waals surface area contributed by atoms with E-state index in [-0.39, 0.29) is 17.9 Å². The first kappa shape index (κ1) is 21.0. The van der Waals surface area contributed by atoms with Crippen molar-refractivity contribution in [3.8, 4) is 0 Å². The molecule has 0 radical (unpaired) electrons. The average Bonchev–Trinajstić information content (AvgIpc) is 2.72. The normalized spacial score (nSPS) is 14.9. The van der Waals surface area contributed by atoms with Gasteiger partial charge in [0.2, 0.25) is 0 Å². The summed E-state index contributed by atoms with van der Waals surface area (Å²) < 4.78 is 13.7. The van der Waals surface area contributed by atoms with Gasteiger partial charge in [0.15, 0.2) is 0 Å². The van der Waals surface area contributed by atoms with Crippen LogP contribution in [-0.4, -0.2) is 46.3 Å². The molecular weight excluding hydrogens is 338 g/mol. The van der Waals surface area contributed by atoms with E-state index < -0.39 is 5.97 Å². The molecule has 0 heterocycles. The molecule has 1 atom stereocenters. The molecule has 1 aliphatic rings. The molecule has 0 amide bonds. The van der Waals surface area contributed by atoms with Gasteiger partial charge in [0.25, 0.3) is 0 Å². The minimum atomic E-state index is -0.400. The maximum atomic E-state index is 11.2. The highest BCUT2D eigenvalue weighted by Gasteiger charge is 2.23. The number of anilines is 1. The van der Waals surface area contributed by atoms with Gasteiger partial charge in [0.05, 0.1) is 32.8 Å². The molecule has 1 N–H and O–H groups in total. The molecule has 0 saturated carbocycles. The van der Waals surface area contributed by atoms with E-state index in [2.05, 4.69) is 19.5 Å². The summed E-state index contributed by atoms with van der Waals surface area (Å²) >= 11 is 0. The predicted molar refractivity (Wildman–Crippen MR) is 96.7 cm³/mol. The van der Waals surface area contributed by atoms with Gasteiger partial charge in [-0.25, -0.2) is 9.59 Å². The number of ether oxygens (including phenoxy) is 3. The van der Waals surface area contributed by atoms with Crippen LogP contribution in [0.2, 0.25) is 0 Å². The quantitative estimate of drug-likeness (QED) is 0.650. The second-order valence-corrected chi connectivity index (χ2v) is 5.19. The van der Waals surface area contributed by atoms with Crippen LogP contribution < -0.4 is 5.32 Å². The number of hydrogen-bond acceptors (Lipinski definition) is 7. The Morgan fingerprint density at radius 3 is 2.23 bits per heavy atom. The van der Waals surface area contributed by atoms with Gasteiger partial charge in [-0.2, -0.15) is 0 Å². The number of para-hydroxylation sites is 1. The number of hydrogen-bond donors (Lipinski definition) is 1. The van der Waals surface area contributed by atoms with Crippen LogP contribution in [0.1, 0.15) is 16.8 Å². The van der Waals surface area contributed by atoms with Crippen LogP contribution in [0, 0.1) is 5.92 Å². The van der Waals surface area contributed by atoms with Crippen molar-refractivity contribution in [3.05, 3.63) is 53.6 Å². The monoisotopic (exact) mass is 361 g/mol. The van der Waals surface area contributed by atoms with E-state index in [4.69, 9.17) is 0 Å². The van der Waals surface area contributed by atoms with Crippen LogP contribution in [0.3, 0.4) is 0 Å². The predicted octanol–water partition coefficient (Wildman–Crippen LogP) is 2.35. The molecule has 0 fully saturated rings. The number of methoxy groups -OCH3 is 3. The molecule has 26 heavy (non-hydrogen) atoms. The van der Waals surface area contributed by atoms with Gasteiger partial charge in [0, 0.05) is 18.3 Å². The van der Waals surface area contributed by atoms with Crippen LogP contribution in [-0.2, 0) is 23.8 Å². The van der Waals surface area contributed by atoms with E-state index in [1.54, 1.807) is 37.4 Å². The van der Waals surface area contributed by atoms with Crippen LogP contribution in [0.25, 0.3) is 0 Å². The molecule has 2 rings (SSSR count). The Bertz CT molecular complexity index is 708. The fourth-order valence-electron chi connectivity index (χ4n) is 2.26. The molecule has 0 saturated heterocycles. The van der Waals surface area contributed by atoms with Crippen molar-refractivity contribution in [2.75, 3.05) is 33.7 Å². The lowest BCUT2D eigenvalue weighted by Gasteiger charge is -2.14. The zero-order valence-corrected chi connectivity index (χ0v) is 15.3. The Hall–Kier alpha value is -3.09. The number of nitrogens with one attached hydrogen (secondary N) is 1. The first-order valence-electron chi connectivity index (χ1n) is 7.87. The van der Waals surface area contributed by atoms with Crippen LogP contribution in [0.5, 0.6) is 0 Å². The second-order valence-electron chi connectivity index (χ2n) is 5.19. The SMILES string of the molecule is CNc1ccccc1C(=O)OC.COC(=O)C1=CC=CC(C(=O)OC)C1. The fourth-order valence-corrected chi connectivity index (χ4v) is 2.26. The Balaban J connectivity index is 0.000000263. The Morgan fingerprint density at radius 2 is 1.65 bits per heavy atom. The molecule has 0 aromatic heterocycles. The first-order chi connectivity index (χ1) is 12.5. The van der Waals surface area contributed by atoms with Gasteiger partial charge in [-0.15, -0.1) is 0 Å². The average molecular weight is 361 g/mol. The van der Waals surface area contributed by atoms with E-state index in [0.29, 0.717) is 17.6 Å². The second kappa shape index (κ2) is 10.7. The van der Waals surface area contributed by atoms with Gasteiger partial charge in [-0.1, -0.05) is 30.4 Å². The Kier molecular flexibility index (Phi) is 8.63. The number of benzene rings is 1. The number of rotatable bonds is 4. The lowest BCUT2D eigenvalue weighted by molar-refractivity contribution is -0.143. The Morgan fingerprint density at radius 1 is 1.00 bits per heavy atom. The number of carbonyl (C=O) groups is 3. The summed E-state index contributed by atoms with van der Waals surface area (Å²) in [5.74, 6) is -1.43. The minimum absolute atomic E-state index is 0.319. The van der Waals surface area contributed by atoms with Crippen molar-refractivity contribution in [1.82, 2.24) is 0 Å². The number of carbonyl (C=O) groups excluding carboxylic acids is 3. The first-order valence-corrected chi connectivity index (χ1v) is 7.87. The zero-order chi connectivity index (χ0) is 19.5. The van der Waals surface area contributed by atoms with Gasteiger partial charge < -0.3 is 19.5 Å². The van der Waals surface area contributed by atoms with Crippen LogP contribution in [0.4, 0.5) is 5.69 Å². The van der Waals surface area contributed by atoms with Gasteiger partial charge in [-0.05, 0) is 18.6 Å². The highest BCUT2D eigenvalue weighted by atomic mass is 16.5. The maximum Gasteiger partial charge on any atom is 0.339 e. The third-order valence-corrected chi connectivity index (χ3v) is 3.63. The maximum absolute atomic E-state index is 11.2. The summed E-state index contributed by atoms with van der Waals surface area (Å²) in [5.41, 5.74) is 1.83. The summed E-state index contributed by atoms with van der Waals surface area (Å²) in [5, 5.41) is 2.91. The molecule has 0 bridgehead atoms. The molecule has 0 aliphatic heterocycles. The topological polar surface area (TPSA) is 90.9 Å².